The van der Waals surface area contributed by atoms with Gasteiger partial charge in [-0.2, -0.15) is 0 Å². The molecule has 15 nitrogen and oxygen atoms in total. The summed E-state index contributed by atoms with van der Waals surface area (Å²) in [5.74, 6) is -0.0320. The fourth-order valence-corrected chi connectivity index (χ4v) is 3.22. The number of nitrogens with zero attached hydrogens (tertiary/aromatic N) is 6. The van der Waals surface area contributed by atoms with Crippen molar-refractivity contribution in [2.45, 2.75) is 26.2 Å². The van der Waals surface area contributed by atoms with E-state index in [0.717, 1.165) is 10.6 Å². The molecule has 0 saturated carbocycles. The van der Waals surface area contributed by atoms with Crippen LogP contribution < -0.4 is 21.9 Å². The van der Waals surface area contributed by atoms with E-state index in [1.54, 1.807) is 15.8 Å². The number of urea groups is 1. The van der Waals surface area contributed by atoms with Crippen LogP contribution in [0.4, 0.5) is 4.79 Å². The Morgan fingerprint density at radius 2 is 1.97 bits per heavy atom. The molecule has 4 heterocycles. The second-order valence-corrected chi connectivity index (χ2v) is 7.40. The predicted octanol–water partition coefficient (Wildman–Crippen LogP) is -1.98. The molecule has 180 valence electrons. The first kappa shape index (κ1) is 22.9. The molecule has 0 aromatic carbocycles. The van der Waals surface area contributed by atoms with E-state index in [1.807, 2.05) is 0 Å². The number of aromatic nitrogens is 6. The standard InChI is InChI=1S/C19H23N9O6/c29-16-1-2-27(19(32)23-16)11-17(30)20-8-15-14(22-12-34-15)10-28-9-13(24-25-28)7-21-18(31)26-3-5-33-6-4-26/h1-2,9,12H,3-8,10-11H2,(H,20,30)(H,21,31)(H,23,29,32). The van der Waals surface area contributed by atoms with Gasteiger partial charge in [-0.05, 0) is 0 Å². The summed E-state index contributed by atoms with van der Waals surface area (Å²) in [5, 5.41) is 13.5. The lowest BCUT2D eigenvalue weighted by molar-refractivity contribution is -0.122. The number of carbonyl (C=O) groups excluding carboxylic acids is 2. The maximum absolute atomic E-state index is 12.2. The van der Waals surface area contributed by atoms with E-state index >= 15 is 0 Å². The maximum atomic E-state index is 12.2. The Labute approximate surface area is 191 Å². The predicted molar refractivity (Wildman–Crippen MR) is 113 cm³/mol. The fraction of sp³-hybridized carbons (Fsp3) is 0.421. The molecular weight excluding hydrogens is 450 g/mol. The molecule has 3 N–H and O–H groups in total. The van der Waals surface area contributed by atoms with E-state index in [9.17, 15) is 19.2 Å². The topological polar surface area (TPSA) is 182 Å². The Kier molecular flexibility index (Phi) is 7.12. The third-order valence-electron chi connectivity index (χ3n) is 5.00. The molecule has 4 rings (SSSR count). The highest BCUT2D eigenvalue weighted by atomic mass is 16.5. The molecule has 1 aliphatic rings. The van der Waals surface area contributed by atoms with Gasteiger partial charge in [0.2, 0.25) is 5.91 Å². The van der Waals surface area contributed by atoms with Crippen molar-refractivity contribution in [3.8, 4) is 0 Å². The number of morpholine rings is 1. The smallest absolute Gasteiger partial charge is 0.328 e. The van der Waals surface area contributed by atoms with Crippen molar-refractivity contribution in [1.82, 2.24) is 45.1 Å². The van der Waals surface area contributed by atoms with Crippen LogP contribution in [-0.2, 0) is 35.7 Å². The van der Waals surface area contributed by atoms with Crippen molar-refractivity contribution in [3.05, 3.63) is 62.8 Å². The number of H-pyrrole nitrogens is 1. The molecule has 0 bridgehead atoms. The Hall–Kier alpha value is -4.27. The zero-order valence-electron chi connectivity index (χ0n) is 18.1. The molecule has 1 aliphatic heterocycles. The molecule has 0 unspecified atom stereocenters. The van der Waals surface area contributed by atoms with E-state index in [0.29, 0.717) is 43.5 Å². The number of oxazole rings is 1. The quantitative estimate of drug-likeness (QED) is 0.334. The monoisotopic (exact) mass is 473 g/mol. The average Bonchev–Trinajstić information content (AvgIpc) is 3.48. The summed E-state index contributed by atoms with van der Waals surface area (Å²) in [6.07, 6.45) is 4.18. The van der Waals surface area contributed by atoms with E-state index in [4.69, 9.17) is 9.15 Å². The van der Waals surface area contributed by atoms with Crippen LogP contribution in [0.25, 0.3) is 0 Å². The van der Waals surface area contributed by atoms with Gasteiger partial charge in [0.1, 0.15) is 23.7 Å². The van der Waals surface area contributed by atoms with Gasteiger partial charge in [0.05, 0.1) is 39.0 Å². The number of hydrogen-bond acceptors (Lipinski definition) is 9. The first-order valence-corrected chi connectivity index (χ1v) is 10.4. The van der Waals surface area contributed by atoms with Gasteiger partial charge in [-0.25, -0.2) is 19.3 Å². The number of carbonyl (C=O) groups is 2. The van der Waals surface area contributed by atoms with Gasteiger partial charge in [-0.15, -0.1) is 5.10 Å². The van der Waals surface area contributed by atoms with Gasteiger partial charge in [0.15, 0.2) is 6.39 Å². The SMILES string of the molecule is O=C(Cn1ccc(=O)[nH]c1=O)NCc1ocnc1Cn1cc(CNC(=O)N2CCOCC2)nn1. The van der Waals surface area contributed by atoms with Gasteiger partial charge in [0, 0.05) is 25.4 Å². The zero-order valence-corrected chi connectivity index (χ0v) is 18.1. The van der Waals surface area contributed by atoms with Crippen molar-refractivity contribution < 1.29 is 18.7 Å². The minimum absolute atomic E-state index is 0.0451. The molecular formula is C19H23N9O6. The largest absolute Gasteiger partial charge is 0.446 e. The summed E-state index contributed by atoms with van der Waals surface area (Å²) in [6, 6.07) is 0.973. The summed E-state index contributed by atoms with van der Waals surface area (Å²) in [6.45, 7) is 2.39. The molecule has 0 atom stereocenters. The molecule has 0 spiro atoms. The van der Waals surface area contributed by atoms with E-state index < -0.39 is 17.2 Å². The zero-order chi connectivity index (χ0) is 23.9. The van der Waals surface area contributed by atoms with Crippen LogP contribution in [-0.4, -0.2) is 72.7 Å². The van der Waals surface area contributed by atoms with Crippen molar-refractivity contribution >= 4 is 11.9 Å². The average molecular weight is 473 g/mol. The van der Waals surface area contributed by atoms with Crippen LogP contribution >= 0.6 is 0 Å². The van der Waals surface area contributed by atoms with Crippen LogP contribution in [0, 0.1) is 0 Å². The Bertz CT molecular complexity index is 1250. The molecule has 34 heavy (non-hydrogen) atoms. The minimum atomic E-state index is -0.675. The number of hydrogen-bond donors (Lipinski definition) is 3. The molecule has 3 aromatic heterocycles. The van der Waals surface area contributed by atoms with Gasteiger partial charge in [-0.1, -0.05) is 5.21 Å². The third-order valence-corrected chi connectivity index (χ3v) is 5.00. The molecule has 3 aromatic rings. The first-order valence-electron chi connectivity index (χ1n) is 10.4. The van der Waals surface area contributed by atoms with E-state index in [-0.39, 0.29) is 32.2 Å². The summed E-state index contributed by atoms with van der Waals surface area (Å²) >= 11 is 0. The minimum Gasteiger partial charge on any atom is -0.446 e. The Morgan fingerprint density at radius 3 is 2.76 bits per heavy atom. The van der Waals surface area contributed by atoms with Crippen LogP contribution in [0.1, 0.15) is 17.1 Å². The number of aromatic amines is 1. The Morgan fingerprint density at radius 1 is 1.15 bits per heavy atom. The molecule has 1 fully saturated rings. The van der Waals surface area contributed by atoms with Crippen molar-refractivity contribution in [1.29, 1.82) is 0 Å². The van der Waals surface area contributed by atoms with Crippen LogP contribution in [0.15, 0.2) is 38.9 Å². The summed E-state index contributed by atoms with van der Waals surface area (Å²) in [4.78, 5) is 55.0. The molecule has 0 radical (unpaired) electrons. The van der Waals surface area contributed by atoms with Gasteiger partial charge >= 0.3 is 11.7 Å². The third kappa shape index (κ3) is 5.94. The Balaban J connectivity index is 1.27. The van der Waals surface area contributed by atoms with Crippen LogP contribution in [0.3, 0.4) is 0 Å². The summed E-state index contributed by atoms with van der Waals surface area (Å²) < 4.78 is 13.2. The van der Waals surface area contributed by atoms with E-state index in [1.165, 1.54) is 12.6 Å². The highest BCUT2D eigenvalue weighted by Gasteiger charge is 2.17. The number of rotatable bonds is 8. The lowest BCUT2D eigenvalue weighted by atomic mass is 10.3. The highest BCUT2D eigenvalue weighted by Crippen LogP contribution is 2.09. The van der Waals surface area contributed by atoms with Gasteiger partial charge < -0.3 is 24.7 Å². The lowest BCUT2D eigenvalue weighted by Gasteiger charge is -2.26. The molecule has 0 aliphatic carbocycles. The summed E-state index contributed by atoms with van der Waals surface area (Å²) in [5.41, 5.74) is -0.101. The number of amides is 3. The lowest BCUT2D eigenvalue weighted by Crippen LogP contribution is -2.45. The second kappa shape index (κ2) is 10.6. The first-order chi connectivity index (χ1) is 16.5. The molecule has 15 heteroatoms. The van der Waals surface area contributed by atoms with Gasteiger partial charge in [0.25, 0.3) is 5.56 Å². The van der Waals surface area contributed by atoms with E-state index in [2.05, 4.69) is 30.9 Å². The van der Waals surface area contributed by atoms with Crippen molar-refractivity contribution in [2.75, 3.05) is 26.3 Å². The molecule has 3 amide bonds. The second-order valence-electron chi connectivity index (χ2n) is 7.40. The normalized spacial score (nSPS) is 13.6. The maximum Gasteiger partial charge on any atom is 0.328 e. The summed E-state index contributed by atoms with van der Waals surface area (Å²) in [7, 11) is 0. The number of nitrogens with one attached hydrogen (secondary N) is 3. The van der Waals surface area contributed by atoms with Crippen LogP contribution in [0.5, 0.6) is 0 Å². The fourth-order valence-electron chi connectivity index (χ4n) is 3.22. The number of ether oxygens (including phenoxy) is 1. The van der Waals surface area contributed by atoms with Gasteiger partial charge in [-0.3, -0.25) is 19.1 Å². The highest BCUT2D eigenvalue weighted by molar-refractivity contribution is 5.75. The molecule has 1 saturated heterocycles. The van der Waals surface area contributed by atoms with Crippen LogP contribution in [0.2, 0.25) is 0 Å². The van der Waals surface area contributed by atoms with Crippen molar-refractivity contribution in [2.24, 2.45) is 0 Å². The van der Waals surface area contributed by atoms with Crippen molar-refractivity contribution in [3.63, 3.8) is 0 Å².